The average molecular weight is 487 g/mol. The van der Waals surface area contributed by atoms with Crippen molar-refractivity contribution in [3.8, 4) is 11.1 Å². The van der Waals surface area contributed by atoms with E-state index < -0.39 is 36.0 Å². The highest BCUT2D eigenvalue weighted by atomic mass is 16.5. The molecular formula is C30H30O6. The molecule has 6 heteroatoms. The van der Waals surface area contributed by atoms with Gasteiger partial charge in [-0.25, -0.2) is 4.79 Å². The molecule has 1 saturated carbocycles. The summed E-state index contributed by atoms with van der Waals surface area (Å²) in [5.74, 6) is -3.26. The van der Waals surface area contributed by atoms with Gasteiger partial charge in [-0.3, -0.25) is 4.79 Å². The zero-order valence-electron chi connectivity index (χ0n) is 19.9. The van der Waals surface area contributed by atoms with Gasteiger partial charge in [0, 0.05) is 12.3 Å². The molecule has 6 nitrogen and oxygen atoms in total. The van der Waals surface area contributed by atoms with Gasteiger partial charge in [0.1, 0.15) is 6.10 Å². The van der Waals surface area contributed by atoms with Crippen LogP contribution in [0.3, 0.4) is 0 Å². The van der Waals surface area contributed by atoms with E-state index in [2.05, 4.69) is 0 Å². The number of esters is 1. The van der Waals surface area contributed by atoms with Crippen molar-refractivity contribution in [2.75, 3.05) is 0 Å². The first-order chi connectivity index (χ1) is 17.4. The van der Waals surface area contributed by atoms with E-state index >= 15 is 0 Å². The second-order valence-corrected chi connectivity index (χ2v) is 9.13. The van der Waals surface area contributed by atoms with Gasteiger partial charge in [0.25, 0.3) is 0 Å². The first-order valence-corrected chi connectivity index (χ1v) is 12.1. The van der Waals surface area contributed by atoms with Crippen LogP contribution in [0.4, 0.5) is 0 Å². The van der Waals surface area contributed by atoms with Crippen molar-refractivity contribution < 1.29 is 29.6 Å². The van der Waals surface area contributed by atoms with Gasteiger partial charge < -0.3 is 20.1 Å². The Kier molecular flexibility index (Phi) is 8.18. The molecule has 0 unspecified atom stereocenters. The molecule has 0 aromatic heterocycles. The van der Waals surface area contributed by atoms with Crippen molar-refractivity contribution in [2.45, 2.75) is 37.9 Å². The topological polar surface area (TPSA) is 104 Å². The number of carboxylic acids is 1. The Morgan fingerprint density at radius 2 is 1.47 bits per heavy atom. The number of benzene rings is 3. The normalized spacial score (nSPS) is 21.8. The van der Waals surface area contributed by atoms with Crippen molar-refractivity contribution >= 4 is 11.9 Å². The summed E-state index contributed by atoms with van der Waals surface area (Å²) in [4.78, 5) is 24.4. The lowest BCUT2D eigenvalue weighted by molar-refractivity contribution is -0.139. The van der Waals surface area contributed by atoms with Gasteiger partial charge in [-0.2, -0.15) is 0 Å². The second-order valence-electron chi connectivity index (χ2n) is 9.13. The van der Waals surface area contributed by atoms with Gasteiger partial charge in [-0.05, 0) is 47.7 Å². The van der Waals surface area contributed by atoms with Crippen LogP contribution in [-0.2, 0) is 16.0 Å². The first kappa shape index (κ1) is 25.2. The Morgan fingerprint density at radius 1 is 0.861 bits per heavy atom. The zero-order chi connectivity index (χ0) is 25.5. The fourth-order valence-electron chi connectivity index (χ4n) is 4.87. The zero-order valence-corrected chi connectivity index (χ0v) is 19.9. The third-order valence-corrected chi connectivity index (χ3v) is 6.70. The molecule has 3 N–H and O–H groups in total. The van der Waals surface area contributed by atoms with E-state index in [0.717, 1.165) is 16.7 Å². The fourth-order valence-corrected chi connectivity index (χ4v) is 4.87. The van der Waals surface area contributed by atoms with Gasteiger partial charge in [-0.15, -0.1) is 0 Å². The van der Waals surface area contributed by atoms with E-state index in [1.807, 2.05) is 72.8 Å². The Labute approximate surface area is 210 Å². The number of carbonyl (C=O) groups excluding carboxylic acids is 1. The van der Waals surface area contributed by atoms with Crippen LogP contribution in [-0.4, -0.2) is 39.5 Å². The van der Waals surface area contributed by atoms with E-state index in [4.69, 9.17) is 4.74 Å². The van der Waals surface area contributed by atoms with Gasteiger partial charge in [-0.1, -0.05) is 72.8 Å². The number of aliphatic hydroxyl groups excluding tert-OH is 2. The van der Waals surface area contributed by atoms with Crippen molar-refractivity contribution in [3.63, 3.8) is 0 Å². The van der Waals surface area contributed by atoms with E-state index in [0.29, 0.717) is 18.4 Å². The number of aliphatic carboxylic acids is 1. The number of hydrogen-bond acceptors (Lipinski definition) is 5. The molecule has 0 amide bonds. The quantitative estimate of drug-likeness (QED) is 0.275. The maximum absolute atomic E-state index is 12.9. The highest BCUT2D eigenvalue weighted by Gasteiger charge is 2.47. The number of ether oxygens (including phenoxy) is 1. The third kappa shape index (κ3) is 6.20. The predicted octanol–water partition coefficient (Wildman–Crippen LogP) is 5.43. The molecular weight excluding hydrogens is 456 g/mol. The molecule has 1 aliphatic rings. The van der Waals surface area contributed by atoms with Crippen LogP contribution in [0.15, 0.2) is 96.8 Å². The molecule has 0 radical (unpaired) electrons. The molecule has 36 heavy (non-hydrogen) atoms. The molecule has 4 rings (SSSR count). The highest BCUT2D eigenvalue weighted by molar-refractivity contribution is 5.90. The maximum Gasteiger partial charge on any atom is 0.338 e. The third-order valence-electron chi connectivity index (χ3n) is 6.70. The number of aryl methyl sites for hydroxylation is 1. The van der Waals surface area contributed by atoms with Gasteiger partial charge in [0.15, 0.2) is 0 Å². The summed E-state index contributed by atoms with van der Waals surface area (Å²) in [6.07, 6.45) is 0.758. The van der Waals surface area contributed by atoms with E-state index in [1.165, 1.54) is 0 Å². The lowest BCUT2D eigenvalue weighted by Gasteiger charge is -2.24. The summed E-state index contributed by atoms with van der Waals surface area (Å²) in [5.41, 5.74) is 3.44. The van der Waals surface area contributed by atoms with Crippen molar-refractivity contribution in [1.29, 1.82) is 0 Å². The Hall–Kier alpha value is -3.90. The van der Waals surface area contributed by atoms with Gasteiger partial charge in [0.05, 0.1) is 29.8 Å². The summed E-state index contributed by atoms with van der Waals surface area (Å²) >= 11 is 0. The minimum atomic E-state index is -1.08. The summed E-state index contributed by atoms with van der Waals surface area (Å²) in [7, 11) is 0. The summed E-state index contributed by atoms with van der Waals surface area (Å²) in [6, 6.07) is 26.6. The fraction of sp³-hybridized carbons (Fsp3) is 0.267. The summed E-state index contributed by atoms with van der Waals surface area (Å²) in [5, 5.41) is 30.9. The van der Waals surface area contributed by atoms with E-state index in [-0.39, 0.29) is 18.6 Å². The van der Waals surface area contributed by atoms with Crippen molar-refractivity contribution in [1.82, 2.24) is 0 Å². The van der Waals surface area contributed by atoms with Crippen molar-refractivity contribution in [2.24, 2.45) is 11.8 Å². The van der Waals surface area contributed by atoms with E-state index in [1.54, 1.807) is 18.2 Å². The SMILES string of the molecule is O=C(O)C[C@@H]1[C@@H](C(O)=CCCc2ccccc2)[C@@H](OC(=O)c2ccc(-c3ccccc3)cc2)C[C@@H]1O. The van der Waals surface area contributed by atoms with Crippen LogP contribution < -0.4 is 0 Å². The number of carbonyl (C=O) groups is 2. The van der Waals surface area contributed by atoms with Gasteiger partial charge in [0.2, 0.25) is 0 Å². The predicted molar refractivity (Wildman–Crippen MR) is 136 cm³/mol. The minimum Gasteiger partial charge on any atom is -0.512 e. The molecule has 1 aliphatic carbocycles. The number of allylic oxidation sites excluding steroid dienone is 1. The Bertz CT molecular complexity index is 1190. The molecule has 186 valence electrons. The Balaban J connectivity index is 1.48. The van der Waals surface area contributed by atoms with Crippen LogP contribution in [0.2, 0.25) is 0 Å². The first-order valence-electron chi connectivity index (χ1n) is 12.1. The Morgan fingerprint density at radius 3 is 2.11 bits per heavy atom. The standard InChI is InChI=1S/C30H30O6/c31-25(13-7-10-20-8-3-1-4-9-20)29-24(18-28(33)34)26(32)19-27(29)36-30(35)23-16-14-22(15-17-23)21-11-5-2-6-12-21/h1-6,8-9,11-17,24,26-27,29,31-32H,7,10,18-19H2,(H,33,34)/t24-,26-,27-,29-/m0/s1. The summed E-state index contributed by atoms with van der Waals surface area (Å²) in [6.45, 7) is 0. The number of carboxylic acid groups (broad SMARTS) is 1. The van der Waals surface area contributed by atoms with Gasteiger partial charge >= 0.3 is 11.9 Å². The molecule has 0 spiro atoms. The summed E-state index contributed by atoms with van der Waals surface area (Å²) < 4.78 is 5.73. The number of aliphatic hydroxyl groups is 2. The molecule has 0 heterocycles. The molecule has 1 fully saturated rings. The molecule has 4 atom stereocenters. The largest absolute Gasteiger partial charge is 0.512 e. The highest BCUT2D eigenvalue weighted by Crippen LogP contribution is 2.41. The monoisotopic (exact) mass is 486 g/mol. The lowest BCUT2D eigenvalue weighted by atomic mass is 9.88. The number of rotatable bonds is 9. The molecule has 3 aromatic rings. The average Bonchev–Trinajstić information content (AvgIpc) is 3.18. The van der Waals surface area contributed by atoms with Crippen molar-refractivity contribution in [3.05, 3.63) is 108 Å². The second kappa shape index (κ2) is 11.7. The number of hydrogen-bond donors (Lipinski definition) is 3. The van der Waals surface area contributed by atoms with Crippen LogP contribution >= 0.6 is 0 Å². The molecule has 0 aliphatic heterocycles. The van der Waals surface area contributed by atoms with Crippen LogP contribution in [0.25, 0.3) is 11.1 Å². The molecule has 0 saturated heterocycles. The van der Waals surface area contributed by atoms with E-state index in [9.17, 15) is 24.9 Å². The molecule has 0 bridgehead atoms. The molecule has 3 aromatic carbocycles. The van der Waals surface area contributed by atoms with Crippen LogP contribution in [0.1, 0.15) is 35.2 Å². The smallest absolute Gasteiger partial charge is 0.338 e. The minimum absolute atomic E-state index is 0.0500. The van der Waals surface area contributed by atoms with Crippen LogP contribution in [0.5, 0.6) is 0 Å². The maximum atomic E-state index is 12.9. The van der Waals surface area contributed by atoms with Crippen LogP contribution in [0, 0.1) is 11.8 Å². The lowest BCUT2D eigenvalue weighted by Crippen LogP contribution is -2.29.